The lowest BCUT2D eigenvalue weighted by atomic mass is 9.87. The zero-order valence-corrected chi connectivity index (χ0v) is 11.4. The molecule has 0 amide bonds. The fraction of sp³-hybridized carbons (Fsp3) is 0.750. The summed E-state index contributed by atoms with van der Waals surface area (Å²) in [4.78, 5) is 4.23. The molecule has 2 rings (SSSR count). The van der Waals surface area contributed by atoms with Gasteiger partial charge in [0.25, 0.3) is 0 Å². The maximum absolute atomic E-state index is 5.89. The molecule has 1 aliphatic rings. The van der Waals surface area contributed by atoms with Gasteiger partial charge in [-0.3, -0.25) is 0 Å². The maximum atomic E-state index is 5.89. The van der Waals surface area contributed by atoms with Gasteiger partial charge in [-0.2, -0.15) is 0 Å². The molecule has 0 saturated carbocycles. The maximum Gasteiger partial charge on any atom is 0.534 e. The summed E-state index contributed by atoms with van der Waals surface area (Å²) in [6.07, 6.45) is 1.69. The molecule has 1 aliphatic heterocycles. The van der Waals surface area contributed by atoms with Crippen LogP contribution in [0.4, 0.5) is 0 Å². The second kappa shape index (κ2) is 3.85. The van der Waals surface area contributed by atoms with E-state index in [1.165, 1.54) is 0 Å². The van der Waals surface area contributed by atoms with Crippen LogP contribution in [0, 0.1) is 0 Å². The van der Waals surface area contributed by atoms with Gasteiger partial charge in [0.15, 0.2) is 11.6 Å². The van der Waals surface area contributed by atoms with Crippen LogP contribution in [0.2, 0.25) is 0 Å². The van der Waals surface area contributed by atoms with E-state index in [1.54, 1.807) is 6.20 Å². The van der Waals surface area contributed by atoms with Crippen LogP contribution in [0.25, 0.3) is 0 Å². The molecule has 0 bridgehead atoms. The van der Waals surface area contributed by atoms with Gasteiger partial charge >= 0.3 is 7.12 Å². The Morgan fingerprint density at radius 3 is 2.06 bits per heavy atom. The average Bonchev–Trinajstić information content (AvgIpc) is 2.70. The zero-order chi connectivity index (χ0) is 12.8. The Hall–Kier alpha value is -0.805. The van der Waals surface area contributed by atoms with Crippen molar-refractivity contribution >= 4 is 12.8 Å². The average molecular weight is 237 g/mol. The van der Waals surface area contributed by atoms with Gasteiger partial charge in [-0.1, -0.05) is 13.8 Å². The van der Waals surface area contributed by atoms with Crippen molar-refractivity contribution < 1.29 is 13.7 Å². The molecular formula is C12H20BNO3. The Morgan fingerprint density at radius 2 is 1.65 bits per heavy atom. The van der Waals surface area contributed by atoms with Crippen LogP contribution in [-0.4, -0.2) is 23.3 Å². The first-order valence-electron chi connectivity index (χ1n) is 6.04. The van der Waals surface area contributed by atoms with Crippen LogP contribution in [0.15, 0.2) is 10.6 Å². The molecule has 1 aromatic heterocycles. The first kappa shape index (κ1) is 12.6. The van der Waals surface area contributed by atoms with Gasteiger partial charge in [-0.15, -0.1) is 0 Å². The highest BCUT2D eigenvalue weighted by Gasteiger charge is 2.53. The lowest BCUT2D eigenvalue weighted by Gasteiger charge is -2.32. The molecule has 0 N–H and O–H groups in total. The Balaban J connectivity index is 2.20. The Labute approximate surface area is 103 Å². The van der Waals surface area contributed by atoms with Gasteiger partial charge in [-0.05, 0) is 27.7 Å². The van der Waals surface area contributed by atoms with Crippen molar-refractivity contribution in [1.29, 1.82) is 0 Å². The summed E-state index contributed by atoms with van der Waals surface area (Å²) in [7, 11) is -0.458. The quantitative estimate of drug-likeness (QED) is 0.739. The summed E-state index contributed by atoms with van der Waals surface area (Å²) in [6, 6.07) is 0. The Bertz CT molecular complexity index is 396. The van der Waals surface area contributed by atoms with Gasteiger partial charge < -0.3 is 13.7 Å². The van der Waals surface area contributed by atoms with Gasteiger partial charge in [-0.25, -0.2) is 4.98 Å². The summed E-state index contributed by atoms with van der Waals surface area (Å²) in [5, 5.41) is 0. The number of hydrogen-bond donors (Lipinski definition) is 0. The van der Waals surface area contributed by atoms with E-state index < -0.39 is 7.12 Å². The molecule has 0 aromatic carbocycles. The smallest absolute Gasteiger partial charge is 0.449 e. The van der Waals surface area contributed by atoms with Crippen molar-refractivity contribution in [3.8, 4) is 0 Å². The van der Waals surface area contributed by atoms with E-state index in [-0.39, 0.29) is 17.1 Å². The number of nitrogens with zero attached hydrogens (tertiary/aromatic N) is 1. The molecule has 0 radical (unpaired) electrons. The SMILES string of the molecule is CC(C)c1ncc(B2OC(C)(C)C(C)(C)O2)o1. The third kappa shape index (κ3) is 2.14. The van der Waals surface area contributed by atoms with Crippen LogP contribution in [0.3, 0.4) is 0 Å². The van der Waals surface area contributed by atoms with E-state index in [1.807, 2.05) is 41.5 Å². The van der Waals surface area contributed by atoms with Gasteiger partial charge in [0.1, 0.15) is 0 Å². The predicted octanol–water partition coefficient (Wildman–Crippen LogP) is 2.10. The van der Waals surface area contributed by atoms with Crippen LogP contribution in [0.1, 0.15) is 53.4 Å². The van der Waals surface area contributed by atoms with Crippen molar-refractivity contribution in [2.24, 2.45) is 0 Å². The second-order valence-electron chi connectivity index (χ2n) is 5.84. The molecule has 1 aromatic rings. The molecule has 5 heteroatoms. The molecular weight excluding hydrogens is 217 g/mol. The van der Waals surface area contributed by atoms with E-state index in [4.69, 9.17) is 13.7 Å². The highest BCUT2D eigenvalue weighted by molar-refractivity contribution is 6.60. The van der Waals surface area contributed by atoms with Crippen molar-refractivity contribution in [1.82, 2.24) is 4.98 Å². The minimum atomic E-state index is -0.458. The summed E-state index contributed by atoms with van der Waals surface area (Å²) < 4.78 is 17.4. The number of aromatic nitrogens is 1. The zero-order valence-electron chi connectivity index (χ0n) is 11.4. The van der Waals surface area contributed by atoms with Crippen LogP contribution in [0.5, 0.6) is 0 Å². The molecule has 0 aliphatic carbocycles. The van der Waals surface area contributed by atoms with E-state index in [2.05, 4.69) is 4.98 Å². The fourth-order valence-corrected chi connectivity index (χ4v) is 1.64. The molecule has 1 saturated heterocycles. The Morgan fingerprint density at radius 1 is 1.12 bits per heavy atom. The van der Waals surface area contributed by atoms with E-state index >= 15 is 0 Å². The standard InChI is InChI=1S/C12H20BNO3/c1-8(2)10-14-7-9(15-10)13-16-11(3,4)12(5,6)17-13/h7-8H,1-6H3. The van der Waals surface area contributed by atoms with Crippen LogP contribution < -0.4 is 5.66 Å². The topological polar surface area (TPSA) is 44.5 Å². The summed E-state index contributed by atoms with van der Waals surface area (Å²) in [5.74, 6) is 0.987. The van der Waals surface area contributed by atoms with Crippen molar-refractivity contribution in [2.75, 3.05) is 0 Å². The monoisotopic (exact) mass is 237 g/mol. The molecule has 17 heavy (non-hydrogen) atoms. The normalized spacial score (nSPS) is 22.4. The van der Waals surface area contributed by atoms with Gasteiger partial charge in [0, 0.05) is 5.92 Å². The third-order valence-corrected chi connectivity index (χ3v) is 3.52. The van der Waals surface area contributed by atoms with Crippen molar-refractivity contribution in [2.45, 2.75) is 58.7 Å². The van der Waals surface area contributed by atoms with E-state index in [0.717, 1.165) is 5.89 Å². The van der Waals surface area contributed by atoms with Gasteiger partial charge in [0.05, 0.1) is 17.4 Å². The largest absolute Gasteiger partial charge is 0.534 e. The minimum Gasteiger partial charge on any atom is -0.449 e. The number of rotatable bonds is 2. The summed E-state index contributed by atoms with van der Waals surface area (Å²) in [6.45, 7) is 12.2. The van der Waals surface area contributed by atoms with Crippen molar-refractivity contribution in [3.63, 3.8) is 0 Å². The molecule has 0 spiro atoms. The van der Waals surface area contributed by atoms with Crippen LogP contribution in [-0.2, 0) is 9.31 Å². The van der Waals surface area contributed by atoms with Crippen LogP contribution >= 0.6 is 0 Å². The first-order valence-corrected chi connectivity index (χ1v) is 6.04. The highest BCUT2D eigenvalue weighted by Crippen LogP contribution is 2.36. The molecule has 0 unspecified atom stereocenters. The Kier molecular flexibility index (Phi) is 2.87. The molecule has 94 valence electrons. The molecule has 4 nitrogen and oxygen atoms in total. The van der Waals surface area contributed by atoms with Gasteiger partial charge in [0.2, 0.25) is 0 Å². The molecule has 0 atom stereocenters. The number of oxazole rings is 1. The van der Waals surface area contributed by atoms with Crippen molar-refractivity contribution in [3.05, 3.63) is 12.1 Å². The molecule has 1 fully saturated rings. The number of hydrogen-bond acceptors (Lipinski definition) is 4. The second-order valence-corrected chi connectivity index (χ2v) is 5.84. The highest BCUT2D eigenvalue weighted by atomic mass is 16.7. The van der Waals surface area contributed by atoms with E-state index in [0.29, 0.717) is 5.66 Å². The van der Waals surface area contributed by atoms with E-state index in [9.17, 15) is 0 Å². The minimum absolute atomic E-state index is 0.270. The lowest BCUT2D eigenvalue weighted by molar-refractivity contribution is 0.00578. The third-order valence-electron chi connectivity index (χ3n) is 3.52. The predicted molar refractivity (Wildman–Crippen MR) is 66.3 cm³/mol. The molecule has 2 heterocycles. The summed E-state index contributed by atoms with van der Waals surface area (Å²) in [5.41, 5.74) is -0.0439. The summed E-state index contributed by atoms with van der Waals surface area (Å²) >= 11 is 0. The first-order chi connectivity index (χ1) is 7.73. The fourth-order valence-electron chi connectivity index (χ4n) is 1.64. The lowest BCUT2D eigenvalue weighted by Crippen LogP contribution is -2.41.